The zero-order valence-electron chi connectivity index (χ0n) is 16.4. The lowest BCUT2D eigenvalue weighted by atomic mass is 9.94. The van der Waals surface area contributed by atoms with Gasteiger partial charge in [0.25, 0.3) is 0 Å². The molecule has 7 nitrogen and oxygen atoms in total. The Labute approximate surface area is 177 Å². The number of H-pyrrole nitrogens is 1. The lowest BCUT2D eigenvalue weighted by molar-refractivity contribution is 0.0807. The molecule has 0 saturated carbocycles. The first-order valence-electron chi connectivity index (χ1n) is 9.90. The number of benzene rings is 1. The third-order valence-electron chi connectivity index (χ3n) is 5.20. The third-order valence-corrected chi connectivity index (χ3v) is 5.95. The SMILES string of the molecule is O=C(OCc1cncs1)N1CCC(CCOc2ccc(F)cc2-c2cc[nH]n2)CC1. The largest absolute Gasteiger partial charge is 0.493 e. The van der Waals surface area contributed by atoms with Crippen molar-refractivity contribution in [3.63, 3.8) is 0 Å². The average Bonchev–Trinajstić information content (AvgIpc) is 3.48. The first kappa shape index (κ1) is 20.3. The van der Waals surface area contributed by atoms with Crippen molar-refractivity contribution in [3.05, 3.63) is 52.9 Å². The number of rotatable bonds is 7. The minimum absolute atomic E-state index is 0.270. The van der Waals surface area contributed by atoms with Crippen LogP contribution in [0, 0.1) is 11.7 Å². The van der Waals surface area contributed by atoms with E-state index in [0.717, 1.165) is 24.1 Å². The molecule has 30 heavy (non-hydrogen) atoms. The zero-order valence-corrected chi connectivity index (χ0v) is 17.2. The lowest BCUT2D eigenvalue weighted by Crippen LogP contribution is -2.39. The van der Waals surface area contributed by atoms with E-state index < -0.39 is 0 Å². The number of nitrogens with one attached hydrogen (secondary N) is 1. The topological polar surface area (TPSA) is 80.3 Å². The van der Waals surface area contributed by atoms with Gasteiger partial charge in [-0.25, -0.2) is 9.18 Å². The number of carbonyl (C=O) groups is 1. The molecule has 3 heterocycles. The predicted octanol–water partition coefficient (Wildman–Crippen LogP) is 4.49. The number of amides is 1. The summed E-state index contributed by atoms with van der Waals surface area (Å²) < 4.78 is 24.9. The highest BCUT2D eigenvalue weighted by molar-refractivity contribution is 7.09. The molecule has 0 unspecified atom stereocenters. The number of halogens is 1. The van der Waals surface area contributed by atoms with E-state index >= 15 is 0 Å². The van der Waals surface area contributed by atoms with Gasteiger partial charge in [0.1, 0.15) is 18.2 Å². The quantitative estimate of drug-likeness (QED) is 0.597. The number of aromatic nitrogens is 3. The van der Waals surface area contributed by atoms with Gasteiger partial charge in [-0.3, -0.25) is 10.1 Å². The molecule has 0 aliphatic carbocycles. The van der Waals surface area contributed by atoms with Crippen LogP contribution < -0.4 is 4.74 Å². The molecule has 2 aromatic heterocycles. The van der Waals surface area contributed by atoms with Gasteiger partial charge in [0.05, 0.1) is 22.7 Å². The summed E-state index contributed by atoms with van der Waals surface area (Å²) in [7, 11) is 0. The zero-order chi connectivity index (χ0) is 20.8. The number of likely N-dealkylation sites (tertiary alicyclic amines) is 1. The molecule has 0 bridgehead atoms. The van der Waals surface area contributed by atoms with Crippen LogP contribution in [0.3, 0.4) is 0 Å². The van der Waals surface area contributed by atoms with Crippen LogP contribution in [-0.4, -0.2) is 45.9 Å². The summed E-state index contributed by atoms with van der Waals surface area (Å²) in [6.07, 6.45) is 5.83. The normalized spacial score (nSPS) is 14.6. The Kier molecular flexibility index (Phi) is 6.58. The number of ether oxygens (including phenoxy) is 2. The predicted molar refractivity (Wildman–Crippen MR) is 111 cm³/mol. The highest BCUT2D eigenvalue weighted by atomic mass is 32.1. The van der Waals surface area contributed by atoms with E-state index in [1.807, 2.05) is 0 Å². The fourth-order valence-electron chi connectivity index (χ4n) is 3.52. The highest BCUT2D eigenvalue weighted by Gasteiger charge is 2.24. The number of aromatic amines is 1. The number of nitrogens with zero attached hydrogens (tertiary/aromatic N) is 3. The monoisotopic (exact) mass is 430 g/mol. The second-order valence-corrected chi connectivity index (χ2v) is 8.16. The van der Waals surface area contributed by atoms with Gasteiger partial charge in [-0.1, -0.05) is 0 Å². The van der Waals surface area contributed by atoms with Crippen LogP contribution in [0.2, 0.25) is 0 Å². The van der Waals surface area contributed by atoms with Crippen molar-refractivity contribution in [2.24, 2.45) is 5.92 Å². The van der Waals surface area contributed by atoms with Crippen LogP contribution >= 0.6 is 11.3 Å². The molecule has 1 N–H and O–H groups in total. The van der Waals surface area contributed by atoms with Crippen LogP contribution in [0.15, 0.2) is 42.2 Å². The van der Waals surface area contributed by atoms with Crippen molar-refractivity contribution in [1.29, 1.82) is 0 Å². The first-order chi connectivity index (χ1) is 14.7. The standard InChI is InChI=1S/C21H23FN4O3S/c22-16-1-2-20(18(11-16)19-3-7-24-25-19)28-10-6-15-4-8-26(9-5-15)21(27)29-13-17-12-23-14-30-17/h1-3,7,11-12,14-15H,4-6,8-10,13H2,(H,24,25). The summed E-state index contributed by atoms with van der Waals surface area (Å²) in [6.45, 7) is 2.17. The number of carbonyl (C=O) groups excluding carboxylic acids is 1. The molecule has 0 atom stereocenters. The van der Waals surface area contributed by atoms with Crippen LogP contribution in [-0.2, 0) is 11.3 Å². The van der Waals surface area contributed by atoms with Gasteiger partial charge in [0.15, 0.2) is 0 Å². The molecule has 1 amide bonds. The van der Waals surface area contributed by atoms with Crippen LogP contribution in [0.1, 0.15) is 24.1 Å². The molecule has 0 radical (unpaired) electrons. The molecule has 9 heteroatoms. The maximum atomic E-state index is 13.7. The molecular weight excluding hydrogens is 407 g/mol. The Morgan fingerprint density at radius 1 is 1.30 bits per heavy atom. The van der Waals surface area contributed by atoms with Gasteiger partial charge in [0.2, 0.25) is 0 Å². The van der Waals surface area contributed by atoms with E-state index in [-0.39, 0.29) is 18.5 Å². The number of hydrogen-bond acceptors (Lipinski definition) is 6. The summed E-state index contributed by atoms with van der Waals surface area (Å²) in [6, 6.07) is 6.25. The number of piperidine rings is 1. The van der Waals surface area contributed by atoms with Gasteiger partial charge in [-0.2, -0.15) is 5.10 Å². The van der Waals surface area contributed by atoms with Crippen molar-refractivity contribution < 1.29 is 18.7 Å². The molecule has 158 valence electrons. The first-order valence-corrected chi connectivity index (χ1v) is 10.8. The lowest BCUT2D eigenvalue weighted by Gasteiger charge is -2.31. The van der Waals surface area contributed by atoms with E-state index in [0.29, 0.717) is 42.6 Å². The van der Waals surface area contributed by atoms with E-state index in [9.17, 15) is 9.18 Å². The molecule has 1 aliphatic heterocycles. The summed E-state index contributed by atoms with van der Waals surface area (Å²) in [5.41, 5.74) is 3.00. The molecular formula is C21H23FN4O3S. The number of thiazole rings is 1. The van der Waals surface area contributed by atoms with Gasteiger partial charge in [-0.15, -0.1) is 11.3 Å². The summed E-state index contributed by atoms with van der Waals surface area (Å²) in [5, 5.41) is 6.86. The average molecular weight is 431 g/mol. The summed E-state index contributed by atoms with van der Waals surface area (Å²) >= 11 is 1.47. The highest BCUT2D eigenvalue weighted by Crippen LogP contribution is 2.30. The van der Waals surface area contributed by atoms with E-state index in [1.54, 1.807) is 34.9 Å². The van der Waals surface area contributed by atoms with E-state index in [2.05, 4.69) is 15.2 Å². The maximum absolute atomic E-state index is 13.7. The number of hydrogen-bond donors (Lipinski definition) is 1. The van der Waals surface area contributed by atoms with Crippen LogP contribution in [0.5, 0.6) is 5.75 Å². The summed E-state index contributed by atoms with van der Waals surface area (Å²) in [5.74, 6) is 0.771. The van der Waals surface area contributed by atoms with E-state index in [4.69, 9.17) is 9.47 Å². The Balaban J connectivity index is 1.22. The van der Waals surface area contributed by atoms with Crippen molar-refractivity contribution in [2.75, 3.05) is 19.7 Å². The fourth-order valence-corrected chi connectivity index (χ4v) is 4.02. The minimum Gasteiger partial charge on any atom is -0.493 e. The van der Waals surface area contributed by atoms with Gasteiger partial charge in [-0.05, 0) is 49.4 Å². The van der Waals surface area contributed by atoms with Gasteiger partial charge < -0.3 is 14.4 Å². The van der Waals surface area contributed by atoms with Gasteiger partial charge in [0, 0.05) is 31.0 Å². The van der Waals surface area contributed by atoms with Crippen molar-refractivity contribution in [2.45, 2.75) is 25.9 Å². The second kappa shape index (κ2) is 9.71. The molecule has 1 aliphatic rings. The summed E-state index contributed by atoms with van der Waals surface area (Å²) in [4.78, 5) is 18.9. The van der Waals surface area contributed by atoms with Crippen LogP contribution in [0.4, 0.5) is 9.18 Å². The molecule has 0 spiro atoms. The fraction of sp³-hybridized carbons (Fsp3) is 0.381. The van der Waals surface area contributed by atoms with Crippen molar-refractivity contribution in [1.82, 2.24) is 20.1 Å². The smallest absolute Gasteiger partial charge is 0.410 e. The van der Waals surface area contributed by atoms with Crippen molar-refractivity contribution in [3.8, 4) is 17.0 Å². The Morgan fingerprint density at radius 2 is 2.17 bits per heavy atom. The van der Waals surface area contributed by atoms with Crippen LogP contribution in [0.25, 0.3) is 11.3 Å². The Bertz CT molecular complexity index is 941. The Morgan fingerprint density at radius 3 is 2.90 bits per heavy atom. The molecule has 1 aromatic carbocycles. The minimum atomic E-state index is -0.324. The molecule has 1 fully saturated rings. The molecule has 3 aromatic rings. The second-order valence-electron chi connectivity index (χ2n) is 7.19. The molecule has 1 saturated heterocycles. The van der Waals surface area contributed by atoms with Gasteiger partial charge >= 0.3 is 6.09 Å². The Hall–Kier alpha value is -2.94. The van der Waals surface area contributed by atoms with Crippen molar-refractivity contribution >= 4 is 17.4 Å². The maximum Gasteiger partial charge on any atom is 0.410 e. The third kappa shape index (κ3) is 5.15. The molecule has 4 rings (SSSR count). The van der Waals surface area contributed by atoms with E-state index in [1.165, 1.54) is 23.5 Å².